The topological polar surface area (TPSA) is 56.8 Å². The van der Waals surface area contributed by atoms with E-state index in [0.29, 0.717) is 11.3 Å². The number of hydrogen-bond acceptors (Lipinski definition) is 5. The molecule has 0 aliphatic rings. The molecule has 0 radical (unpaired) electrons. The predicted octanol–water partition coefficient (Wildman–Crippen LogP) is 5.25. The number of esters is 1. The van der Waals surface area contributed by atoms with Crippen molar-refractivity contribution in [1.29, 1.82) is 0 Å². The molecule has 30 heavy (non-hydrogen) atoms. The normalized spacial score (nSPS) is 11.3. The van der Waals surface area contributed by atoms with Crippen LogP contribution in [-0.2, 0) is 9.53 Å². The minimum Gasteiger partial charge on any atom is -0.497 e. The molecule has 0 aliphatic heterocycles. The van der Waals surface area contributed by atoms with E-state index in [1.54, 1.807) is 21.1 Å². The van der Waals surface area contributed by atoms with Crippen LogP contribution < -0.4 is 14.8 Å². The number of ether oxygens (including phenoxy) is 3. The van der Waals surface area contributed by atoms with Gasteiger partial charge < -0.3 is 19.5 Å². The van der Waals surface area contributed by atoms with Crippen molar-refractivity contribution in [3.05, 3.63) is 90.0 Å². The van der Waals surface area contributed by atoms with E-state index in [0.717, 1.165) is 28.3 Å². The van der Waals surface area contributed by atoms with Gasteiger partial charge in [0.05, 0.1) is 32.1 Å². The van der Waals surface area contributed by atoms with Crippen molar-refractivity contribution >= 4 is 22.9 Å². The number of carbonyl (C=O) groups excluding carboxylic acids is 1. The average Bonchev–Trinajstić information content (AvgIpc) is 2.80. The van der Waals surface area contributed by atoms with Crippen molar-refractivity contribution < 1.29 is 19.0 Å². The third-order valence-electron chi connectivity index (χ3n) is 4.53. The van der Waals surface area contributed by atoms with Crippen LogP contribution in [0.3, 0.4) is 0 Å². The fourth-order valence-electron chi connectivity index (χ4n) is 3.03. The van der Waals surface area contributed by atoms with E-state index < -0.39 is 5.97 Å². The van der Waals surface area contributed by atoms with Crippen molar-refractivity contribution in [3.8, 4) is 11.5 Å². The molecule has 3 aromatic rings. The summed E-state index contributed by atoms with van der Waals surface area (Å²) in [5.41, 5.74) is 3.52. The lowest BCUT2D eigenvalue weighted by atomic mass is 9.99. The lowest BCUT2D eigenvalue weighted by molar-refractivity contribution is -0.136. The first-order valence-electron chi connectivity index (χ1n) is 9.68. The molecule has 3 rings (SSSR count). The highest BCUT2D eigenvalue weighted by Gasteiger charge is 2.21. The Morgan fingerprint density at radius 2 is 1.33 bits per heavy atom. The number of hydrogen-bond donors (Lipinski definition) is 1. The maximum atomic E-state index is 13.0. The molecule has 0 fully saturated rings. The molecule has 1 N–H and O–H groups in total. The Morgan fingerprint density at radius 3 is 1.87 bits per heavy atom. The third kappa shape index (κ3) is 5.00. The lowest BCUT2D eigenvalue weighted by Crippen LogP contribution is -2.13. The van der Waals surface area contributed by atoms with Crippen LogP contribution in [0, 0.1) is 0 Å². The zero-order valence-corrected chi connectivity index (χ0v) is 17.3. The van der Waals surface area contributed by atoms with Crippen molar-refractivity contribution in [3.63, 3.8) is 0 Å². The Morgan fingerprint density at radius 1 is 0.767 bits per heavy atom. The average molecular weight is 403 g/mol. The van der Waals surface area contributed by atoms with Crippen LogP contribution in [0.1, 0.15) is 18.1 Å². The van der Waals surface area contributed by atoms with E-state index in [1.807, 2.05) is 78.9 Å². The summed E-state index contributed by atoms with van der Waals surface area (Å²) in [7, 11) is 3.24. The minimum absolute atomic E-state index is 0.285. The van der Waals surface area contributed by atoms with Gasteiger partial charge in [-0.15, -0.1) is 0 Å². The molecule has 0 unspecified atom stereocenters. The number of rotatable bonds is 8. The molecule has 0 aliphatic carbocycles. The Kier molecular flexibility index (Phi) is 7.11. The van der Waals surface area contributed by atoms with Crippen LogP contribution in [0.25, 0.3) is 11.3 Å². The molecule has 0 amide bonds. The number of carbonyl (C=O) groups is 1. The van der Waals surface area contributed by atoms with Gasteiger partial charge in [-0.2, -0.15) is 0 Å². The number of nitrogens with one attached hydrogen (secondary N) is 1. The van der Waals surface area contributed by atoms with E-state index in [4.69, 9.17) is 14.2 Å². The highest BCUT2D eigenvalue weighted by Crippen LogP contribution is 2.30. The second kappa shape index (κ2) is 10.2. The largest absolute Gasteiger partial charge is 0.497 e. The zero-order valence-electron chi connectivity index (χ0n) is 17.3. The molecule has 0 saturated heterocycles. The van der Waals surface area contributed by atoms with E-state index >= 15 is 0 Å². The van der Waals surface area contributed by atoms with Gasteiger partial charge >= 0.3 is 5.97 Å². The third-order valence-corrected chi connectivity index (χ3v) is 4.53. The Labute approximate surface area is 176 Å². The molecule has 5 nitrogen and oxygen atoms in total. The molecule has 154 valence electrons. The minimum atomic E-state index is -0.393. The fourth-order valence-corrected chi connectivity index (χ4v) is 3.03. The molecule has 0 heterocycles. The Bertz CT molecular complexity index is 994. The van der Waals surface area contributed by atoms with Gasteiger partial charge in [0.1, 0.15) is 11.5 Å². The first-order chi connectivity index (χ1) is 14.7. The quantitative estimate of drug-likeness (QED) is 0.316. The van der Waals surface area contributed by atoms with Crippen LogP contribution in [0.4, 0.5) is 5.69 Å². The first kappa shape index (κ1) is 21.0. The molecular weight excluding hydrogens is 378 g/mol. The number of benzene rings is 3. The molecule has 0 aromatic heterocycles. The van der Waals surface area contributed by atoms with Gasteiger partial charge in [-0.25, -0.2) is 4.79 Å². The van der Waals surface area contributed by atoms with Crippen LogP contribution in [0.5, 0.6) is 11.5 Å². The summed E-state index contributed by atoms with van der Waals surface area (Å²) in [6.45, 7) is 2.08. The van der Waals surface area contributed by atoms with Crippen LogP contribution in [0.2, 0.25) is 0 Å². The number of anilines is 1. The maximum absolute atomic E-state index is 13.0. The Hall–Kier alpha value is -3.73. The predicted molar refractivity (Wildman–Crippen MR) is 119 cm³/mol. The fraction of sp³-hybridized carbons (Fsp3) is 0.160. The van der Waals surface area contributed by atoms with Crippen LogP contribution in [0.15, 0.2) is 78.9 Å². The van der Waals surface area contributed by atoms with Gasteiger partial charge in [0.2, 0.25) is 0 Å². The molecule has 0 bridgehead atoms. The van der Waals surface area contributed by atoms with Gasteiger partial charge in [-0.1, -0.05) is 30.3 Å². The first-order valence-corrected chi connectivity index (χ1v) is 9.68. The van der Waals surface area contributed by atoms with Crippen molar-refractivity contribution in [2.75, 3.05) is 26.1 Å². The second-order valence-corrected chi connectivity index (χ2v) is 6.42. The van der Waals surface area contributed by atoms with Crippen LogP contribution >= 0.6 is 0 Å². The van der Waals surface area contributed by atoms with Crippen LogP contribution in [-0.4, -0.2) is 26.8 Å². The van der Waals surface area contributed by atoms with E-state index in [-0.39, 0.29) is 6.61 Å². The number of methoxy groups -OCH3 is 2. The molecule has 0 atom stereocenters. The lowest BCUT2D eigenvalue weighted by Gasteiger charge is -2.18. The highest BCUT2D eigenvalue weighted by molar-refractivity contribution is 6.25. The smallest absolute Gasteiger partial charge is 0.340 e. The van der Waals surface area contributed by atoms with Crippen molar-refractivity contribution in [2.24, 2.45) is 0 Å². The highest BCUT2D eigenvalue weighted by atomic mass is 16.5. The van der Waals surface area contributed by atoms with Crippen molar-refractivity contribution in [2.45, 2.75) is 6.92 Å². The molecule has 0 saturated carbocycles. The molecule has 5 heteroatoms. The second-order valence-electron chi connectivity index (χ2n) is 6.42. The molecule has 3 aromatic carbocycles. The van der Waals surface area contributed by atoms with Crippen molar-refractivity contribution in [1.82, 2.24) is 0 Å². The molecular formula is C25H25NO4. The summed E-state index contributed by atoms with van der Waals surface area (Å²) in [6, 6.07) is 24.6. The van der Waals surface area contributed by atoms with Gasteiger partial charge in [-0.05, 0) is 66.6 Å². The summed E-state index contributed by atoms with van der Waals surface area (Å²) in [4.78, 5) is 13.0. The summed E-state index contributed by atoms with van der Waals surface area (Å²) in [5, 5.41) is 3.40. The maximum Gasteiger partial charge on any atom is 0.340 e. The summed E-state index contributed by atoms with van der Waals surface area (Å²) >= 11 is 0. The van der Waals surface area contributed by atoms with Gasteiger partial charge in [0.25, 0.3) is 0 Å². The van der Waals surface area contributed by atoms with Gasteiger partial charge in [0, 0.05) is 5.69 Å². The van der Waals surface area contributed by atoms with E-state index in [1.165, 1.54) is 0 Å². The zero-order chi connectivity index (χ0) is 21.3. The summed E-state index contributed by atoms with van der Waals surface area (Å²) in [6.07, 6.45) is 0. The summed E-state index contributed by atoms with van der Waals surface area (Å²) in [5.74, 6) is 1.10. The summed E-state index contributed by atoms with van der Waals surface area (Å²) < 4.78 is 15.9. The molecule has 0 spiro atoms. The standard InChI is InChI=1S/C25H25NO4/c1-4-30-25(27)23(18-8-6-5-7-9-18)24(19-10-14-21(28-2)15-11-19)26-20-12-16-22(29-3)17-13-20/h5-17,26H,4H2,1-3H3/b24-23-. The Balaban J connectivity index is 2.17. The monoisotopic (exact) mass is 403 g/mol. The van der Waals surface area contributed by atoms with E-state index in [9.17, 15) is 4.79 Å². The van der Waals surface area contributed by atoms with Gasteiger partial charge in [-0.3, -0.25) is 0 Å². The van der Waals surface area contributed by atoms with E-state index in [2.05, 4.69) is 5.32 Å². The van der Waals surface area contributed by atoms with Gasteiger partial charge in [0.15, 0.2) is 0 Å². The SMILES string of the molecule is CCOC(=O)/C(=C(\Nc1ccc(OC)cc1)c1ccc(OC)cc1)c1ccccc1.